The van der Waals surface area contributed by atoms with E-state index in [1.54, 1.807) is 31.4 Å². The van der Waals surface area contributed by atoms with E-state index in [0.717, 1.165) is 17.8 Å². The maximum atomic E-state index is 13.2. The van der Waals surface area contributed by atoms with Gasteiger partial charge in [-0.25, -0.2) is 4.98 Å². The summed E-state index contributed by atoms with van der Waals surface area (Å²) in [5, 5.41) is -0.123. The van der Waals surface area contributed by atoms with Crippen LogP contribution in [0.5, 0.6) is 5.75 Å². The number of hydrogen-bond donors (Lipinski definition) is 0. The summed E-state index contributed by atoms with van der Waals surface area (Å²) in [7, 11) is 1.54. The fourth-order valence-electron chi connectivity index (χ4n) is 3.04. The molecule has 0 radical (unpaired) electrons. The average Bonchev–Trinajstić information content (AvgIpc) is 3.06. The molecule has 0 aliphatic rings. The minimum atomic E-state index is -4.57. The second-order valence-corrected chi connectivity index (χ2v) is 7.46. The minimum Gasteiger partial charge on any atom is -0.497 e. The molecular formula is C21H20ClF3N2O3. The van der Waals surface area contributed by atoms with Crippen LogP contribution in [0, 0.1) is 0 Å². The molecule has 0 N–H and O–H groups in total. The number of ether oxygens (including phenoxy) is 2. The highest BCUT2D eigenvalue weighted by atomic mass is 35.5. The van der Waals surface area contributed by atoms with Gasteiger partial charge >= 0.3 is 12.1 Å². The third kappa shape index (κ3) is 4.70. The van der Waals surface area contributed by atoms with E-state index >= 15 is 0 Å². The molecule has 0 amide bonds. The average molecular weight is 441 g/mol. The minimum absolute atomic E-state index is 0.0201. The predicted octanol–water partition coefficient (Wildman–Crippen LogP) is 5.42. The van der Waals surface area contributed by atoms with Crippen LogP contribution in [-0.2, 0) is 28.7 Å². The molecule has 0 saturated carbocycles. The lowest BCUT2D eigenvalue weighted by molar-refractivity contribution is -0.144. The van der Waals surface area contributed by atoms with Crippen molar-refractivity contribution in [3.63, 3.8) is 0 Å². The number of carbonyl (C=O) groups excluding carboxylic acids is 1. The van der Waals surface area contributed by atoms with Gasteiger partial charge in [-0.1, -0.05) is 37.6 Å². The van der Waals surface area contributed by atoms with Gasteiger partial charge in [0.15, 0.2) is 5.65 Å². The van der Waals surface area contributed by atoms with Gasteiger partial charge in [0.2, 0.25) is 0 Å². The van der Waals surface area contributed by atoms with Gasteiger partial charge in [-0.3, -0.25) is 9.20 Å². The van der Waals surface area contributed by atoms with E-state index in [2.05, 4.69) is 4.98 Å². The maximum Gasteiger partial charge on any atom is 0.417 e. The molecule has 0 unspecified atom stereocenters. The molecule has 30 heavy (non-hydrogen) atoms. The Balaban J connectivity index is 1.87. The number of pyridine rings is 1. The molecule has 0 fully saturated rings. The van der Waals surface area contributed by atoms with E-state index < -0.39 is 17.7 Å². The summed E-state index contributed by atoms with van der Waals surface area (Å²) >= 11 is 6.05. The Hall–Kier alpha value is -2.74. The Kier molecular flexibility index (Phi) is 6.26. The van der Waals surface area contributed by atoms with Crippen LogP contribution >= 0.6 is 11.6 Å². The molecule has 0 spiro atoms. The zero-order valence-electron chi connectivity index (χ0n) is 16.6. The lowest BCUT2D eigenvalue weighted by Crippen LogP contribution is -2.12. The number of rotatable bonds is 6. The summed E-state index contributed by atoms with van der Waals surface area (Å²) in [6.07, 6.45) is -3.62. The second-order valence-electron chi connectivity index (χ2n) is 7.05. The number of aromatic nitrogens is 2. The number of esters is 1. The van der Waals surface area contributed by atoms with E-state index in [1.165, 1.54) is 4.40 Å². The highest BCUT2D eigenvalue weighted by molar-refractivity contribution is 6.33. The summed E-state index contributed by atoms with van der Waals surface area (Å²) < 4.78 is 51.3. The summed E-state index contributed by atoms with van der Waals surface area (Å²) in [4.78, 5) is 16.7. The van der Waals surface area contributed by atoms with Crippen molar-refractivity contribution in [2.75, 3.05) is 7.11 Å². The molecule has 5 nitrogen and oxygen atoms in total. The molecule has 0 aliphatic carbocycles. The molecule has 0 aliphatic heterocycles. The Morgan fingerprint density at radius 1 is 1.23 bits per heavy atom. The van der Waals surface area contributed by atoms with Crippen molar-refractivity contribution < 1.29 is 27.4 Å². The molecule has 2 aromatic heterocycles. The van der Waals surface area contributed by atoms with Gasteiger partial charge in [-0.05, 0) is 29.7 Å². The van der Waals surface area contributed by atoms with E-state index in [4.69, 9.17) is 21.1 Å². The van der Waals surface area contributed by atoms with E-state index in [1.807, 2.05) is 13.8 Å². The molecule has 0 saturated heterocycles. The van der Waals surface area contributed by atoms with E-state index in [0.29, 0.717) is 17.1 Å². The zero-order valence-corrected chi connectivity index (χ0v) is 17.3. The first-order chi connectivity index (χ1) is 14.1. The van der Waals surface area contributed by atoms with Gasteiger partial charge in [-0.15, -0.1) is 0 Å². The molecule has 1 aromatic carbocycles. The van der Waals surface area contributed by atoms with E-state index in [9.17, 15) is 18.0 Å². The van der Waals surface area contributed by atoms with Crippen molar-refractivity contribution >= 4 is 23.2 Å². The summed E-state index contributed by atoms with van der Waals surface area (Å²) in [5.41, 5.74) is 0.892. The second kappa shape index (κ2) is 8.55. The number of benzene rings is 1. The molecular weight excluding hydrogens is 421 g/mol. The van der Waals surface area contributed by atoms with Crippen LogP contribution in [0.25, 0.3) is 5.65 Å². The van der Waals surface area contributed by atoms with Gasteiger partial charge in [-0.2, -0.15) is 13.2 Å². The number of alkyl halides is 3. The molecule has 2 heterocycles. The van der Waals surface area contributed by atoms with Crippen LogP contribution < -0.4 is 4.74 Å². The lowest BCUT2D eigenvalue weighted by Gasteiger charge is -2.11. The van der Waals surface area contributed by atoms with Crippen molar-refractivity contribution in [1.29, 1.82) is 0 Å². The number of fused-ring (bicyclic) bond motifs is 1. The van der Waals surface area contributed by atoms with Crippen LogP contribution in [0.4, 0.5) is 13.2 Å². The standard InChI is InChI=1S/C21H20ClF3N2O3/c1-12(2)19-17(11-30-18(28)8-13-4-6-15(29-3)7-5-13)27-10-14(21(23,24)25)9-16(22)20(27)26-19/h4-7,9-10,12H,8,11H2,1-3H3. The largest absolute Gasteiger partial charge is 0.497 e. The maximum absolute atomic E-state index is 13.2. The van der Waals surface area contributed by atoms with Crippen LogP contribution in [0.15, 0.2) is 36.5 Å². The highest BCUT2D eigenvalue weighted by Gasteiger charge is 2.32. The Morgan fingerprint density at radius 2 is 1.90 bits per heavy atom. The number of methoxy groups -OCH3 is 1. The normalized spacial score (nSPS) is 11.9. The zero-order chi connectivity index (χ0) is 22.1. The lowest BCUT2D eigenvalue weighted by atomic mass is 10.1. The number of halogens is 4. The first kappa shape index (κ1) is 22.0. The summed E-state index contributed by atoms with van der Waals surface area (Å²) in [5.74, 6) is 0.0465. The molecule has 3 aromatic rings. The van der Waals surface area contributed by atoms with Crippen molar-refractivity contribution in [2.24, 2.45) is 0 Å². The van der Waals surface area contributed by atoms with Gasteiger partial charge in [0.25, 0.3) is 0 Å². The molecule has 9 heteroatoms. The number of nitrogens with zero attached hydrogens (tertiary/aromatic N) is 2. The van der Waals surface area contributed by atoms with E-state index in [-0.39, 0.29) is 29.6 Å². The van der Waals surface area contributed by atoms with Crippen LogP contribution in [0.3, 0.4) is 0 Å². The monoisotopic (exact) mass is 440 g/mol. The van der Waals surface area contributed by atoms with Crippen molar-refractivity contribution in [3.8, 4) is 5.75 Å². The Bertz CT molecular complexity index is 1060. The smallest absolute Gasteiger partial charge is 0.417 e. The van der Waals surface area contributed by atoms with Gasteiger partial charge < -0.3 is 9.47 Å². The fourth-order valence-corrected chi connectivity index (χ4v) is 3.29. The van der Waals surface area contributed by atoms with Crippen LogP contribution in [0.1, 0.15) is 42.3 Å². The topological polar surface area (TPSA) is 52.8 Å². The highest BCUT2D eigenvalue weighted by Crippen LogP contribution is 2.34. The van der Waals surface area contributed by atoms with Crippen LogP contribution in [0.2, 0.25) is 5.02 Å². The molecule has 160 valence electrons. The Morgan fingerprint density at radius 3 is 2.47 bits per heavy atom. The molecule has 0 bridgehead atoms. The fraction of sp³-hybridized carbons (Fsp3) is 0.333. The van der Waals surface area contributed by atoms with Gasteiger partial charge in [0, 0.05) is 6.20 Å². The third-order valence-corrected chi connectivity index (χ3v) is 4.83. The Labute approximate surface area is 176 Å². The van der Waals surface area contributed by atoms with Gasteiger partial charge in [0.1, 0.15) is 12.4 Å². The molecule has 3 rings (SSSR count). The van der Waals surface area contributed by atoms with Gasteiger partial charge in [0.05, 0.1) is 35.5 Å². The summed E-state index contributed by atoms with van der Waals surface area (Å²) in [6, 6.07) is 7.77. The summed E-state index contributed by atoms with van der Waals surface area (Å²) in [6.45, 7) is 3.48. The SMILES string of the molecule is COc1ccc(CC(=O)OCc2c(C(C)C)nc3c(Cl)cc(C(F)(F)F)cn23)cc1. The quantitative estimate of drug-likeness (QED) is 0.480. The van der Waals surface area contributed by atoms with Crippen molar-refractivity contribution in [1.82, 2.24) is 9.38 Å². The predicted molar refractivity (Wildman–Crippen MR) is 106 cm³/mol. The number of carbonyl (C=O) groups is 1. The number of imidazole rings is 1. The third-order valence-electron chi connectivity index (χ3n) is 4.56. The molecule has 0 atom stereocenters. The number of hydrogen-bond acceptors (Lipinski definition) is 4. The van der Waals surface area contributed by atoms with Crippen molar-refractivity contribution in [2.45, 2.75) is 39.0 Å². The van der Waals surface area contributed by atoms with Crippen LogP contribution in [-0.4, -0.2) is 22.5 Å². The first-order valence-corrected chi connectivity index (χ1v) is 9.54. The first-order valence-electron chi connectivity index (χ1n) is 9.16. The van der Waals surface area contributed by atoms with Crippen molar-refractivity contribution in [3.05, 3.63) is 64.1 Å².